The largest absolute Gasteiger partial charge is 0.496 e. The monoisotopic (exact) mass is 218 g/mol. The molecule has 0 aliphatic carbocycles. The van der Waals surface area contributed by atoms with E-state index in [1.54, 1.807) is 11.9 Å². The quantitative estimate of drug-likeness (QED) is 0.789. The molecule has 0 fully saturated rings. The van der Waals surface area contributed by atoms with E-state index in [2.05, 4.69) is 15.4 Å². The number of ether oxygens (including phenoxy) is 1. The maximum absolute atomic E-state index is 5.25. The number of methoxy groups -OCH3 is 1. The minimum absolute atomic E-state index is 0.205. The Hall–Kier alpha value is -1.91. The summed E-state index contributed by atoms with van der Waals surface area (Å²) in [5, 5.41) is 12.3. The molecule has 0 spiro atoms. The van der Waals surface area contributed by atoms with E-state index in [1.807, 2.05) is 38.1 Å². The van der Waals surface area contributed by atoms with Crippen molar-refractivity contribution < 1.29 is 4.74 Å². The first-order valence-corrected chi connectivity index (χ1v) is 5.15. The zero-order valence-electron chi connectivity index (χ0n) is 9.58. The molecule has 0 aliphatic heterocycles. The van der Waals surface area contributed by atoms with Crippen LogP contribution >= 0.6 is 0 Å². The van der Waals surface area contributed by atoms with Crippen LogP contribution in [0.15, 0.2) is 24.3 Å². The minimum Gasteiger partial charge on any atom is -0.496 e. The summed E-state index contributed by atoms with van der Waals surface area (Å²) in [6, 6.07) is 7.84. The van der Waals surface area contributed by atoms with E-state index < -0.39 is 0 Å². The SMILES string of the molecule is COc1ccccc1-c1nnn(C(C)C)n1. The Kier molecular flexibility index (Phi) is 2.85. The van der Waals surface area contributed by atoms with Gasteiger partial charge in [-0.2, -0.15) is 4.80 Å². The number of tetrazole rings is 1. The fourth-order valence-corrected chi connectivity index (χ4v) is 1.38. The lowest BCUT2D eigenvalue weighted by molar-refractivity contribution is 0.416. The highest BCUT2D eigenvalue weighted by Gasteiger charge is 2.11. The third-order valence-corrected chi connectivity index (χ3v) is 2.24. The summed E-state index contributed by atoms with van der Waals surface area (Å²) in [5.74, 6) is 1.34. The molecule has 1 aromatic heterocycles. The molecule has 5 nitrogen and oxygen atoms in total. The van der Waals surface area contributed by atoms with Gasteiger partial charge in [-0.15, -0.1) is 10.2 Å². The van der Waals surface area contributed by atoms with Crippen LogP contribution in [-0.2, 0) is 0 Å². The summed E-state index contributed by atoms with van der Waals surface area (Å²) >= 11 is 0. The van der Waals surface area contributed by atoms with Crippen LogP contribution in [0.3, 0.4) is 0 Å². The van der Waals surface area contributed by atoms with Crippen molar-refractivity contribution in [3.05, 3.63) is 24.3 Å². The van der Waals surface area contributed by atoms with Gasteiger partial charge in [0.25, 0.3) is 0 Å². The van der Waals surface area contributed by atoms with Gasteiger partial charge in [0.15, 0.2) is 0 Å². The Morgan fingerprint density at radius 2 is 2.00 bits per heavy atom. The van der Waals surface area contributed by atoms with Crippen LogP contribution in [0.4, 0.5) is 0 Å². The van der Waals surface area contributed by atoms with Crippen LogP contribution in [0.5, 0.6) is 5.75 Å². The highest BCUT2D eigenvalue weighted by molar-refractivity contribution is 5.63. The molecule has 0 saturated heterocycles. The molecule has 0 N–H and O–H groups in total. The van der Waals surface area contributed by atoms with Crippen LogP contribution in [0.25, 0.3) is 11.4 Å². The summed E-state index contributed by atoms with van der Waals surface area (Å²) in [7, 11) is 1.63. The second-order valence-corrected chi connectivity index (χ2v) is 3.73. The topological polar surface area (TPSA) is 52.8 Å². The molecule has 0 amide bonds. The number of rotatable bonds is 3. The molecule has 84 valence electrons. The van der Waals surface area contributed by atoms with E-state index in [1.165, 1.54) is 0 Å². The Labute approximate surface area is 94.0 Å². The van der Waals surface area contributed by atoms with Crippen molar-refractivity contribution in [1.82, 2.24) is 20.2 Å². The Balaban J connectivity index is 2.42. The fraction of sp³-hybridized carbons (Fsp3) is 0.364. The van der Waals surface area contributed by atoms with Gasteiger partial charge in [-0.25, -0.2) is 0 Å². The normalized spacial score (nSPS) is 10.8. The van der Waals surface area contributed by atoms with Gasteiger partial charge in [0.2, 0.25) is 5.82 Å². The lowest BCUT2D eigenvalue weighted by Gasteiger charge is -2.03. The Morgan fingerprint density at radius 1 is 1.25 bits per heavy atom. The van der Waals surface area contributed by atoms with E-state index in [4.69, 9.17) is 4.74 Å². The van der Waals surface area contributed by atoms with Crippen molar-refractivity contribution in [1.29, 1.82) is 0 Å². The predicted molar refractivity (Wildman–Crippen MR) is 60.2 cm³/mol. The molecule has 0 radical (unpaired) electrons. The third kappa shape index (κ3) is 1.88. The molecule has 1 heterocycles. The molecular weight excluding hydrogens is 204 g/mol. The summed E-state index contributed by atoms with van der Waals surface area (Å²) in [6.07, 6.45) is 0. The van der Waals surface area contributed by atoms with Crippen LogP contribution in [0.2, 0.25) is 0 Å². The fourth-order valence-electron chi connectivity index (χ4n) is 1.38. The van der Waals surface area contributed by atoms with Crippen molar-refractivity contribution in [2.45, 2.75) is 19.9 Å². The van der Waals surface area contributed by atoms with Gasteiger partial charge in [-0.3, -0.25) is 0 Å². The van der Waals surface area contributed by atoms with Crippen molar-refractivity contribution in [2.75, 3.05) is 7.11 Å². The van der Waals surface area contributed by atoms with Crippen LogP contribution < -0.4 is 4.74 Å². The molecule has 5 heteroatoms. The summed E-state index contributed by atoms with van der Waals surface area (Å²) in [4.78, 5) is 1.59. The zero-order valence-corrected chi connectivity index (χ0v) is 9.58. The van der Waals surface area contributed by atoms with Gasteiger partial charge in [0, 0.05) is 0 Å². The number of nitrogens with zero attached hydrogens (tertiary/aromatic N) is 4. The van der Waals surface area contributed by atoms with Crippen molar-refractivity contribution in [3.8, 4) is 17.1 Å². The molecule has 0 bridgehead atoms. The second-order valence-electron chi connectivity index (χ2n) is 3.73. The molecule has 0 saturated carbocycles. The maximum atomic E-state index is 5.25. The smallest absolute Gasteiger partial charge is 0.208 e. The van der Waals surface area contributed by atoms with Gasteiger partial charge < -0.3 is 4.74 Å². The molecular formula is C11H14N4O. The lowest BCUT2D eigenvalue weighted by atomic mass is 10.2. The van der Waals surface area contributed by atoms with Gasteiger partial charge in [-0.05, 0) is 31.2 Å². The molecule has 2 rings (SSSR count). The first-order valence-electron chi connectivity index (χ1n) is 5.15. The third-order valence-electron chi connectivity index (χ3n) is 2.24. The van der Waals surface area contributed by atoms with E-state index >= 15 is 0 Å². The molecule has 0 unspecified atom stereocenters. The number of para-hydroxylation sites is 1. The maximum Gasteiger partial charge on any atom is 0.208 e. The van der Waals surface area contributed by atoms with Crippen LogP contribution in [-0.4, -0.2) is 27.3 Å². The second kappa shape index (κ2) is 4.30. The first-order chi connectivity index (χ1) is 7.72. The van der Waals surface area contributed by atoms with Gasteiger partial charge in [0.05, 0.1) is 18.7 Å². The van der Waals surface area contributed by atoms with Gasteiger partial charge >= 0.3 is 0 Å². The zero-order chi connectivity index (χ0) is 11.5. The number of aromatic nitrogens is 4. The van der Waals surface area contributed by atoms with Crippen LogP contribution in [0.1, 0.15) is 19.9 Å². The summed E-state index contributed by atoms with van der Waals surface area (Å²) in [6.45, 7) is 4.02. The average molecular weight is 218 g/mol. The van der Waals surface area contributed by atoms with Crippen molar-refractivity contribution >= 4 is 0 Å². The highest BCUT2D eigenvalue weighted by atomic mass is 16.5. The standard InChI is InChI=1S/C11H14N4O/c1-8(2)15-13-11(12-14-15)9-6-4-5-7-10(9)16-3/h4-8H,1-3H3. The van der Waals surface area contributed by atoms with E-state index in [0.717, 1.165) is 11.3 Å². The minimum atomic E-state index is 0.205. The first kappa shape index (κ1) is 10.6. The molecule has 1 aromatic carbocycles. The van der Waals surface area contributed by atoms with E-state index in [0.29, 0.717) is 5.82 Å². The lowest BCUT2D eigenvalue weighted by Crippen LogP contribution is -2.04. The average Bonchev–Trinajstić information content (AvgIpc) is 2.78. The predicted octanol–water partition coefficient (Wildman–Crippen LogP) is 1.93. The van der Waals surface area contributed by atoms with E-state index in [-0.39, 0.29) is 6.04 Å². The van der Waals surface area contributed by atoms with Gasteiger partial charge in [0.1, 0.15) is 5.75 Å². The van der Waals surface area contributed by atoms with Gasteiger partial charge in [-0.1, -0.05) is 12.1 Å². The number of hydrogen-bond acceptors (Lipinski definition) is 4. The Bertz CT molecular complexity index is 478. The van der Waals surface area contributed by atoms with Crippen LogP contribution in [0, 0.1) is 0 Å². The Morgan fingerprint density at radius 3 is 2.62 bits per heavy atom. The number of hydrogen-bond donors (Lipinski definition) is 0. The number of benzene rings is 1. The molecule has 16 heavy (non-hydrogen) atoms. The van der Waals surface area contributed by atoms with Crippen molar-refractivity contribution in [2.24, 2.45) is 0 Å². The molecule has 0 atom stereocenters. The van der Waals surface area contributed by atoms with E-state index in [9.17, 15) is 0 Å². The molecule has 0 aliphatic rings. The van der Waals surface area contributed by atoms with Crippen molar-refractivity contribution in [3.63, 3.8) is 0 Å². The molecule has 2 aromatic rings. The highest BCUT2D eigenvalue weighted by Crippen LogP contribution is 2.26. The summed E-state index contributed by atoms with van der Waals surface area (Å²) in [5.41, 5.74) is 0.858. The summed E-state index contributed by atoms with van der Waals surface area (Å²) < 4.78 is 5.25.